The highest BCUT2D eigenvalue weighted by molar-refractivity contribution is 6.32. The number of amides is 1. The summed E-state index contributed by atoms with van der Waals surface area (Å²) in [5.74, 6) is 0.233. The topological polar surface area (TPSA) is 38.8 Å². The van der Waals surface area contributed by atoms with Gasteiger partial charge in [0.2, 0.25) is 0 Å². The van der Waals surface area contributed by atoms with Gasteiger partial charge in [-0.05, 0) is 23.8 Å². The van der Waals surface area contributed by atoms with Gasteiger partial charge in [0, 0.05) is 19.2 Å². The molecule has 0 aromatic heterocycles. The van der Waals surface area contributed by atoms with Crippen LogP contribution >= 0.6 is 11.6 Å². The first kappa shape index (κ1) is 18.4. The van der Waals surface area contributed by atoms with Crippen LogP contribution < -0.4 is 9.47 Å². The van der Waals surface area contributed by atoms with E-state index in [-0.39, 0.29) is 22.7 Å². The molecule has 2 aromatic rings. The second-order valence-corrected chi connectivity index (χ2v) is 6.21. The molecule has 0 radical (unpaired) electrons. The van der Waals surface area contributed by atoms with Crippen molar-refractivity contribution in [3.8, 4) is 11.5 Å². The van der Waals surface area contributed by atoms with Gasteiger partial charge in [-0.3, -0.25) is 4.79 Å². The summed E-state index contributed by atoms with van der Waals surface area (Å²) in [6, 6.07) is 8.06. The number of halogens is 4. The third-order valence-corrected chi connectivity index (χ3v) is 4.20. The number of carbonyl (C=O) groups excluding carboxylic acids is 1. The first-order valence-electron chi connectivity index (χ1n) is 7.77. The predicted molar refractivity (Wildman–Crippen MR) is 89.7 cm³/mol. The van der Waals surface area contributed by atoms with Crippen molar-refractivity contribution in [3.63, 3.8) is 0 Å². The van der Waals surface area contributed by atoms with Crippen LogP contribution in [-0.2, 0) is 12.7 Å². The van der Waals surface area contributed by atoms with Crippen LogP contribution in [0, 0.1) is 0 Å². The van der Waals surface area contributed by atoms with Gasteiger partial charge in [-0.15, -0.1) is 0 Å². The molecule has 1 amide bonds. The van der Waals surface area contributed by atoms with Crippen LogP contribution in [0.3, 0.4) is 0 Å². The number of alkyl halides is 3. The highest BCUT2D eigenvalue weighted by Gasteiger charge is 2.33. The Kier molecular flexibility index (Phi) is 5.00. The molecule has 4 nitrogen and oxygen atoms in total. The largest absolute Gasteiger partial charge is 0.486 e. The summed E-state index contributed by atoms with van der Waals surface area (Å²) in [4.78, 5) is 13.8. The molecule has 0 fully saturated rings. The van der Waals surface area contributed by atoms with Gasteiger partial charge in [-0.2, -0.15) is 13.2 Å². The van der Waals surface area contributed by atoms with Gasteiger partial charge < -0.3 is 14.4 Å². The van der Waals surface area contributed by atoms with E-state index >= 15 is 0 Å². The Balaban J connectivity index is 1.84. The van der Waals surface area contributed by atoms with Crippen LogP contribution in [0.25, 0.3) is 0 Å². The van der Waals surface area contributed by atoms with Gasteiger partial charge in [0.15, 0.2) is 11.5 Å². The number of fused-ring (bicyclic) bond motifs is 1. The molecule has 3 rings (SSSR count). The summed E-state index contributed by atoms with van der Waals surface area (Å²) in [5.41, 5.74) is -0.536. The molecule has 0 saturated heterocycles. The minimum Gasteiger partial charge on any atom is -0.486 e. The van der Waals surface area contributed by atoms with Crippen molar-refractivity contribution in [2.24, 2.45) is 0 Å². The zero-order valence-corrected chi connectivity index (χ0v) is 14.5. The number of carbonyl (C=O) groups is 1. The van der Waals surface area contributed by atoms with E-state index in [1.807, 2.05) is 0 Å². The van der Waals surface area contributed by atoms with Crippen molar-refractivity contribution in [2.45, 2.75) is 12.7 Å². The third-order valence-electron chi connectivity index (χ3n) is 3.92. The van der Waals surface area contributed by atoms with Crippen LogP contribution in [0.15, 0.2) is 36.4 Å². The average Bonchev–Trinajstić information content (AvgIpc) is 2.60. The van der Waals surface area contributed by atoms with E-state index in [0.29, 0.717) is 24.7 Å². The molecule has 26 heavy (non-hydrogen) atoms. The van der Waals surface area contributed by atoms with Gasteiger partial charge in [0.25, 0.3) is 5.91 Å². The minimum absolute atomic E-state index is 0.0134. The molecule has 0 aliphatic carbocycles. The maximum atomic E-state index is 13.1. The Morgan fingerprint density at radius 3 is 2.62 bits per heavy atom. The lowest BCUT2D eigenvalue weighted by atomic mass is 10.1. The second kappa shape index (κ2) is 7.07. The monoisotopic (exact) mass is 385 g/mol. The van der Waals surface area contributed by atoms with Gasteiger partial charge >= 0.3 is 6.18 Å². The molecule has 2 aromatic carbocycles. The van der Waals surface area contributed by atoms with E-state index < -0.39 is 17.6 Å². The van der Waals surface area contributed by atoms with Gasteiger partial charge in [0.05, 0.1) is 10.6 Å². The van der Waals surface area contributed by atoms with E-state index in [4.69, 9.17) is 21.1 Å². The lowest BCUT2D eigenvalue weighted by Gasteiger charge is -2.23. The molecule has 0 spiro atoms. The number of benzene rings is 2. The van der Waals surface area contributed by atoms with Crippen molar-refractivity contribution >= 4 is 17.5 Å². The third kappa shape index (κ3) is 3.72. The molecule has 0 atom stereocenters. The van der Waals surface area contributed by atoms with Gasteiger partial charge in [-0.1, -0.05) is 29.8 Å². The Morgan fingerprint density at radius 2 is 1.88 bits per heavy atom. The Morgan fingerprint density at radius 1 is 1.19 bits per heavy atom. The van der Waals surface area contributed by atoms with E-state index in [9.17, 15) is 18.0 Å². The maximum Gasteiger partial charge on any atom is 0.416 e. The van der Waals surface area contributed by atoms with Crippen LogP contribution in [0.2, 0.25) is 5.02 Å². The first-order valence-corrected chi connectivity index (χ1v) is 8.15. The van der Waals surface area contributed by atoms with E-state index in [0.717, 1.165) is 6.07 Å². The van der Waals surface area contributed by atoms with Crippen LogP contribution in [-0.4, -0.2) is 31.1 Å². The second-order valence-electron chi connectivity index (χ2n) is 5.80. The molecule has 0 saturated carbocycles. The standard InChI is InChI=1S/C18H15ClF3NO3/c1-23(10-11-4-2-3-5-13(11)18(20,21)22)17(24)12-8-14(19)16-15(9-12)25-6-7-26-16/h2-5,8-9H,6-7,10H2,1H3. The number of hydrogen-bond donors (Lipinski definition) is 0. The summed E-state index contributed by atoms with van der Waals surface area (Å²) < 4.78 is 50.2. The molecule has 0 unspecified atom stereocenters. The average molecular weight is 386 g/mol. The summed E-state index contributed by atoms with van der Waals surface area (Å²) in [7, 11) is 1.43. The van der Waals surface area contributed by atoms with Crippen molar-refractivity contribution in [2.75, 3.05) is 20.3 Å². The fourth-order valence-electron chi connectivity index (χ4n) is 2.72. The lowest BCUT2D eigenvalue weighted by Crippen LogP contribution is -2.28. The molecule has 1 heterocycles. The number of ether oxygens (including phenoxy) is 2. The van der Waals surface area contributed by atoms with Gasteiger partial charge in [-0.25, -0.2) is 0 Å². The Labute approximate surface area is 153 Å². The molecular formula is C18H15ClF3NO3. The summed E-state index contributed by atoms with van der Waals surface area (Å²) in [5, 5.41) is 0.217. The molecule has 138 valence electrons. The SMILES string of the molecule is CN(Cc1ccccc1C(F)(F)F)C(=O)c1cc(Cl)c2c(c1)OCCO2. The van der Waals surface area contributed by atoms with Crippen LogP contribution in [0.4, 0.5) is 13.2 Å². The van der Waals surface area contributed by atoms with E-state index in [2.05, 4.69) is 0 Å². The first-order chi connectivity index (χ1) is 12.3. The van der Waals surface area contributed by atoms with Gasteiger partial charge in [0.1, 0.15) is 13.2 Å². The summed E-state index contributed by atoms with van der Waals surface area (Å²) in [6.07, 6.45) is -4.49. The highest BCUT2D eigenvalue weighted by Crippen LogP contribution is 2.38. The highest BCUT2D eigenvalue weighted by atomic mass is 35.5. The van der Waals surface area contributed by atoms with Crippen molar-refractivity contribution < 1.29 is 27.4 Å². The molecule has 1 aliphatic rings. The Hall–Kier alpha value is -2.41. The summed E-state index contributed by atoms with van der Waals surface area (Å²) in [6.45, 7) is 0.491. The molecule has 1 aliphatic heterocycles. The lowest BCUT2D eigenvalue weighted by molar-refractivity contribution is -0.138. The van der Waals surface area contributed by atoms with E-state index in [1.165, 1.54) is 42.3 Å². The fraction of sp³-hybridized carbons (Fsp3) is 0.278. The molecule has 0 N–H and O–H groups in total. The molecular weight excluding hydrogens is 371 g/mol. The molecule has 8 heteroatoms. The summed E-state index contributed by atoms with van der Waals surface area (Å²) >= 11 is 6.12. The van der Waals surface area contributed by atoms with Crippen molar-refractivity contribution in [3.05, 3.63) is 58.1 Å². The fourth-order valence-corrected chi connectivity index (χ4v) is 2.98. The van der Waals surface area contributed by atoms with Crippen LogP contribution in [0.5, 0.6) is 11.5 Å². The predicted octanol–water partition coefficient (Wildman–Crippen LogP) is 4.40. The number of rotatable bonds is 3. The number of hydrogen-bond acceptors (Lipinski definition) is 3. The molecule has 0 bridgehead atoms. The quantitative estimate of drug-likeness (QED) is 0.786. The van der Waals surface area contributed by atoms with Crippen LogP contribution in [0.1, 0.15) is 21.5 Å². The van der Waals surface area contributed by atoms with E-state index in [1.54, 1.807) is 0 Å². The Bertz CT molecular complexity index is 839. The zero-order chi connectivity index (χ0) is 18.9. The number of nitrogens with zero attached hydrogens (tertiary/aromatic N) is 1. The minimum atomic E-state index is -4.49. The van der Waals surface area contributed by atoms with Crippen molar-refractivity contribution in [1.29, 1.82) is 0 Å². The smallest absolute Gasteiger partial charge is 0.416 e. The zero-order valence-electron chi connectivity index (χ0n) is 13.8. The van der Waals surface area contributed by atoms with Crippen molar-refractivity contribution in [1.82, 2.24) is 4.90 Å². The maximum absolute atomic E-state index is 13.1. The normalized spacial score (nSPS) is 13.4.